The molecule has 0 fully saturated rings. The molecule has 10 aromatic rings. The summed E-state index contributed by atoms with van der Waals surface area (Å²) in [6.07, 6.45) is 0. The van der Waals surface area contributed by atoms with Gasteiger partial charge in [0.2, 0.25) is 0 Å². The van der Waals surface area contributed by atoms with Gasteiger partial charge in [-0.3, -0.25) is 20.2 Å². The average Bonchev–Trinajstić information content (AvgIpc) is 0.832. The van der Waals surface area contributed by atoms with Crippen molar-refractivity contribution in [2.45, 2.75) is 142 Å². The molecule has 116 heavy (non-hydrogen) atoms. The smallest absolute Gasteiger partial charge is 0.269 e. The highest BCUT2D eigenvalue weighted by molar-refractivity contribution is 6.31. The van der Waals surface area contributed by atoms with Crippen molar-refractivity contribution < 1.29 is 89.7 Å². The molecular formula is C90H118Cl2N4O20. The number of aliphatic hydroxyl groups excluding tert-OH is 11. The Balaban J connectivity index is 0.000000645. The zero-order valence-electron chi connectivity index (χ0n) is 70.1. The fraction of sp³-hybridized carbons (Fsp3) is 0.333. The van der Waals surface area contributed by atoms with Crippen LogP contribution in [0.25, 0.3) is 0 Å². The maximum Gasteiger partial charge on any atom is 0.269 e. The van der Waals surface area contributed by atoms with Gasteiger partial charge >= 0.3 is 0 Å². The number of nitrogens with zero attached hydrogens (tertiary/aromatic N) is 4. The van der Waals surface area contributed by atoms with Crippen LogP contribution in [0.15, 0.2) is 170 Å². The molecule has 24 nitrogen and oxygen atoms in total. The molecule has 0 heterocycles. The summed E-state index contributed by atoms with van der Waals surface area (Å²) in [5.74, 6) is 3.48. The fourth-order valence-electron chi connectivity index (χ4n) is 10.4. The van der Waals surface area contributed by atoms with Crippen molar-refractivity contribution in [3.05, 3.63) is 317 Å². The summed E-state index contributed by atoms with van der Waals surface area (Å²) in [6.45, 7) is 19.3. The van der Waals surface area contributed by atoms with Gasteiger partial charge in [-0.05, 0) is 266 Å². The van der Waals surface area contributed by atoms with E-state index >= 15 is 0 Å². The van der Waals surface area contributed by atoms with Crippen LogP contribution in [-0.4, -0.2) is 130 Å². The van der Waals surface area contributed by atoms with Gasteiger partial charge in [-0.15, -0.1) is 0 Å². The number of aryl methyl sites for hydroxylation is 9. The first-order valence-electron chi connectivity index (χ1n) is 36.4. The Morgan fingerprint density at radius 3 is 1.07 bits per heavy atom. The van der Waals surface area contributed by atoms with E-state index in [1.807, 2.05) is 190 Å². The van der Waals surface area contributed by atoms with Gasteiger partial charge in [0.15, 0.2) is 11.5 Å². The Kier molecular flexibility index (Phi) is 50.2. The Labute approximate surface area is 693 Å². The molecule has 0 aliphatic carbocycles. The number of rotatable bonds is 20. The molecular weight excluding hydrogens is 1530 g/mol. The van der Waals surface area contributed by atoms with Crippen LogP contribution in [0.5, 0.6) is 28.7 Å². The first-order chi connectivity index (χ1) is 55.1. The lowest BCUT2D eigenvalue weighted by Crippen LogP contribution is -2.09. The minimum atomic E-state index is -0.474. The van der Waals surface area contributed by atoms with Gasteiger partial charge < -0.3 is 89.7 Å². The second-order valence-electron chi connectivity index (χ2n) is 26.3. The van der Waals surface area contributed by atoms with Gasteiger partial charge in [-0.2, -0.15) is 0 Å². The van der Waals surface area contributed by atoms with Crippen LogP contribution in [-0.2, 0) is 72.7 Å². The minimum absolute atomic E-state index is 0.0182. The van der Waals surface area contributed by atoms with E-state index in [2.05, 4.69) is 12.1 Å². The van der Waals surface area contributed by atoms with E-state index in [1.54, 1.807) is 85.8 Å². The van der Waals surface area contributed by atoms with Crippen molar-refractivity contribution in [3.8, 4) is 28.7 Å². The van der Waals surface area contributed by atoms with Gasteiger partial charge in [0, 0.05) is 85.0 Å². The standard InChI is InChI=1S/2C10H15NO.2C10H14O3.2C9H12O2.2C8H9ClO.2C8H9NO3/c1-8-6-10(11(2)3)5-4-9(8)7-12;1-8-4-5-10(11(2)3)6-9(8)7-12;1-7-8(5-11)3-10(13-2)4-9(7)6-12;1-7-4-5-9(12-2)10(13-3)8(7)6-11;1-7-3-4-9(11-2)5-8(7)6-10;1-7-4-3-5-9(11-2)8(7)6-10;1-6-4-8(9)3-2-7(6)5-10;1-6-2-3-8(9)4-7(6)5-10;1-6-4-8(9(11)12)3-2-7(6)5-10;1-6-2-3-8(9(11)12)4-7(6)5-10/h2*4-6,12H,7H2,1-3H3;3-4,11-12H,5-6H2,1-2H3;4-5,11H,6H2,1-3H3;2*3-5,10H,6H2,1-2H3;2*2-4,10H,5H2,1H3;2*2-4,10H,5H2,1H3. The zero-order valence-corrected chi connectivity index (χ0v) is 71.6. The number of halogens is 2. The first kappa shape index (κ1) is 104. The molecule has 0 amide bonds. The lowest BCUT2D eigenvalue weighted by atomic mass is 10.0. The fourth-order valence-corrected chi connectivity index (χ4v) is 10.8. The Hall–Kier alpha value is -10.3. The molecule has 11 N–H and O–H groups in total. The number of benzene rings is 10. The summed E-state index contributed by atoms with van der Waals surface area (Å²) >= 11 is 11.4. The van der Waals surface area contributed by atoms with Gasteiger partial charge in [0.25, 0.3) is 11.4 Å². The molecule has 0 aliphatic heterocycles. The summed E-state index contributed by atoms with van der Waals surface area (Å²) in [4.78, 5) is 23.8. The molecule has 0 bridgehead atoms. The number of non-ortho nitro benzene ring substituents is 2. The number of methoxy groups -OCH3 is 5. The molecule has 0 radical (unpaired) electrons. The first-order valence-corrected chi connectivity index (χ1v) is 37.2. The highest BCUT2D eigenvalue weighted by atomic mass is 35.5. The van der Waals surface area contributed by atoms with E-state index in [-0.39, 0.29) is 84.1 Å². The normalized spacial score (nSPS) is 9.90. The molecule has 632 valence electrons. The molecule has 0 atom stereocenters. The number of hydrogen-bond donors (Lipinski definition) is 11. The van der Waals surface area contributed by atoms with E-state index < -0.39 is 9.85 Å². The zero-order chi connectivity index (χ0) is 87.9. The van der Waals surface area contributed by atoms with E-state index in [0.29, 0.717) is 27.8 Å². The highest BCUT2D eigenvalue weighted by Gasteiger charge is 2.13. The van der Waals surface area contributed by atoms with E-state index in [0.717, 1.165) is 133 Å². The predicted molar refractivity (Wildman–Crippen MR) is 462 cm³/mol. The molecule has 0 saturated heterocycles. The third kappa shape index (κ3) is 35.5. The lowest BCUT2D eigenvalue weighted by molar-refractivity contribution is -0.385. The molecule has 0 saturated carbocycles. The Morgan fingerprint density at radius 1 is 0.302 bits per heavy atom. The Bertz CT molecular complexity index is 4590. The van der Waals surface area contributed by atoms with Gasteiger partial charge in [-0.25, -0.2) is 0 Å². The van der Waals surface area contributed by atoms with Crippen LogP contribution in [0.2, 0.25) is 10.0 Å². The monoisotopic (exact) mass is 1640 g/mol. The van der Waals surface area contributed by atoms with Gasteiger partial charge in [0.05, 0.1) is 118 Å². The van der Waals surface area contributed by atoms with Crippen LogP contribution in [0.3, 0.4) is 0 Å². The van der Waals surface area contributed by atoms with E-state index in [1.165, 1.54) is 30.0 Å². The summed E-state index contributed by atoms with van der Waals surface area (Å²) in [5.41, 5.74) is 21.8. The number of aliphatic hydroxyl groups is 11. The molecule has 0 unspecified atom stereocenters. The molecule has 0 aliphatic rings. The minimum Gasteiger partial charge on any atom is -0.497 e. The largest absolute Gasteiger partial charge is 0.497 e. The highest BCUT2D eigenvalue weighted by Crippen LogP contribution is 2.33. The second kappa shape index (κ2) is 56.1. The van der Waals surface area contributed by atoms with E-state index in [9.17, 15) is 20.2 Å². The number of hydrogen-bond acceptors (Lipinski definition) is 22. The van der Waals surface area contributed by atoms with Crippen LogP contribution in [0, 0.1) is 89.5 Å². The van der Waals surface area contributed by atoms with E-state index in [4.69, 9.17) is 103 Å². The summed E-state index contributed by atoms with van der Waals surface area (Å²) in [5, 5.41) is 120. The third-order valence-electron chi connectivity index (χ3n) is 18.1. The number of nitro benzene ring substituents is 2. The SMILES string of the molecule is COc1cc(CO)c(C)c(CO)c1.COc1ccc(C)c(CO)c1.COc1ccc(C)c(CO)c1OC.COc1cccc(C)c1CO.Cc1cc(Cl)ccc1CO.Cc1cc(N(C)C)ccc1CO.Cc1cc([N+](=O)[O-])ccc1CO.Cc1ccc(Cl)cc1CO.Cc1ccc(N(C)C)cc1CO.Cc1ccc([N+](=O)[O-])cc1CO. The summed E-state index contributed by atoms with van der Waals surface area (Å²) < 4.78 is 25.3. The topological polar surface area (TPSA) is 361 Å². The average molecular weight is 1650 g/mol. The van der Waals surface area contributed by atoms with Crippen molar-refractivity contribution in [2.24, 2.45) is 0 Å². The molecule has 26 heteroatoms. The van der Waals surface area contributed by atoms with Crippen LogP contribution in [0.4, 0.5) is 22.7 Å². The number of nitro groups is 2. The molecule has 10 rings (SSSR count). The summed E-state index contributed by atoms with van der Waals surface area (Å²) in [7, 11) is 15.9. The quantitative estimate of drug-likeness (QED) is 0.0249. The number of ether oxygens (including phenoxy) is 5. The lowest BCUT2D eigenvalue weighted by Gasteiger charge is -2.14. The summed E-state index contributed by atoms with van der Waals surface area (Å²) in [6, 6.07) is 50.5. The van der Waals surface area contributed by atoms with Gasteiger partial charge in [-0.1, -0.05) is 77.8 Å². The maximum absolute atomic E-state index is 10.3. The van der Waals surface area contributed by atoms with Crippen molar-refractivity contribution in [1.29, 1.82) is 0 Å². The third-order valence-corrected chi connectivity index (χ3v) is 18.6. The van der Waals surface area contributed by atoms with Gasteiger partial charge in [0.1, 0.15) is 17.2 Å². The van der Waals surface area contributed by atoms with Crippen molar-refractivity contribution in [2.75, 3.05) is 73.5 Å². The second-order valence-corrected chi connectivity index (χ2v) is 27.2. The maximum atomic E-state index is 10.3. The van der Waals surface area contributed by atoms with Crippen molar-refractivity contribution in [3.63, 3.8) is 0 Å². The van der Waals surface area contributed by atoms with Crippen LogP contribution < -0.4 is 33.5 Å². The van der Waals surface area contributed by atoms with Crippen LogP contribution in [0.1, 0.15) is 117 Å². The van der Waals surface area contributed by atoms with Crippen molar-refractivity contribution >= 4 is 46.0 Å². The van der Waals surface area contributed by atoms with Crippen LogP contribution >= 0.6 is 23.2 Å². The Morgan fingerprint density at radius 2 is 0.655 bits per heavy atom. The predicted octanol–water partition coefficient (Wildman–Crippen LogP) is 15.7. The van der Waals surface area contributed by atoms with Crippen molar-refractivity contribution in [1.82, 2.24) is 0 Å². The molecule has 0 aromatic heterocycles. The number of anilines is 2. The molecule has 10 aromatic carbocycles. The molecule has 0 spiro atoms.